The fraction of sp³-hybridized carbons (Fsp3) is 0.200. The predicted molar refractivity (Wildman–Crippen MR) is 85.5 cm³/mol. The minimum Gasteiger partial charge on any atom is -0.378 e. The van der Waals surface area contributed by atoms with Gasteiger partial charge in [-0.3, -0.25) is 0 Å². The molecule has 2 heterocycles. The van der Waals surface area contributed by atoms with Crippen LogP contribution in [0, 0.1) is 0 Å². The maximum atomic E-state index is 5.64. The lowest BCUT2D eigenvalue weighted by Gasteiger charge is -2.13. The molecule has 3 rings (SSSR count). The van der Waals surface area contributed by atoms with Crippen molar-refractivity contribution in [2.75, 3.05) is 30.0 Å². The molecule has 108 valence electrons. The highest BCUT2D eigenvalue weighted by atomic mass is 15.3. The molecule has 0 aliphatic heterocycles. The number of aromatic nitrogens is 3. The molecule has 3 N–H and O–H groups in total. The minimum atomic E-state index is 0.277. The van der Waals surface area contributed by atoms with E-state index in [0.29, 0.717) is 0 Å². The molecule has 0 unspecified atom stereocenters. The Hall–Kier alpha value is -2.76. The van der Waals surface area contributed by atoms with Gasteiger partial charge in [0.15, 0.2) is 5.65 Å². The number of rotatable bonds is 4. The summed E-state index contributed by atoms with van der Waals surface area (Å²) in [5.41, 5.74) is 9.68. The third kappa shape index (κ3) is 2.74. The van der Waals surface area contributed by atoms with Crippen LogP contribution in [0.5, 0.6) is 0 Å². The Labute approximate surface area is 123 Å². The lowest BCUT2D eigenvalue weighted by atomic mass is 10.2. The number of nitrogens with zero attached hydrogens (tertiary/aromatic N) is 4. The molecular weight excluding hydrogens is 264 g/mol. The van der Waals surface area contributed by atoms with Gasteiger partial charge in [-0.15, -0.1) is 5.10 Å². The fourth-order valence-corrected chi connectivity index (χ4v) is 2.17. The molecule has 0 saturated heterocycles. The average molecular weight is 282 g/mol. The zero-order valence-electron chi connectivity index (χ0n) is 12.1. The summed E-state index contributed by atoms with van der Waals surface area (Å²) in [6.45, 7) is 0.722. The largest absolute Gasteiger partial charge is 0.378 e. The van der Waals surface area contributed by atoms with E-state index in [0.717, 1.165) is 17.9 Å². The topological polar surface area (TPSA) is 71.5 Å². The summed E-state index contributed by atoms with van der Waals surface area (Å²) in [6.07, 6.45) is 1.83. The van der Waals surface area contributed by atoms with E-state index in [2.05, 4.69) is 44.6 Å². The van der Waals surface area contributed by atoms with E-state index in [9.17, 15) is 0 Å². The monoisotopic (exact) mass is 282 g/mol. The number of hydrogen-bond acceptors (Lipinski definition) is 5. The lowest BCUT2D eigenvalue weighted by Crippen LogP contribution is -2.08. The van der Waals surface area contributed by atoms with Gasteiger partial charge in [0, 0.05) is 32.5 Å². The highest BCUT2D eigenvalue weighted by molar-refractivity contribution is 5.68. The summed E-state index contributed by atoms with van der Waals surface area (Å²) in [6, 6.07) is 12.3. The SMILES string of the molecule is CN(C)c1ccc(CNc2cccn3nc(N)nc23)cc1. The van der Waals surface area contributed by atoms with Gasteiger partial charge in [0.05, 0.1) is 5.69 Å². The van der Waals surface area contributed by atoms with Crippen LogP contribution in [0.15, 0.2) is 42.6 Å². The summed E-state index contributed by atoms with van der Waals surface area (Å²) in [7, 11) is 4.06. The Morgan fingerprint density at radius 1 is 1.19 bits per heavy atom. The second-order valence-electron chi connectivity index (χ2n) is 5.07. The minimum absolute atomic E-state index is 0.277. The summed E-state index contributed by atoms with van der Waals surface area (Å²) in [4.78, 5) is 6.30. The van der Waals surface area contributed by atoms with Gasteiger partial charge in [0.2, 0.25) is 5.95 Å². The smallest absolute Gasteiger partial charge is 0.240 e. The van der Waals surface area contributed by atoms with Crippen molar-refractivity contribution in [3.63, 3.8) is 0 Å². The number of anilines is 3. The van der Waals surface area contributed by atoms with Crippen LogP contribution >= 0.6 is 0 Å². The number of nitrogen functional groups attached to an aromatic ring is 1. The molecule has 0 radical (unpaired) electrons. The Morgan fingerprint density at radius 2 is 1.95 bits per heavy atom. The van der Waals surface area contributed by atoms with Crippen LogP contribution in [0.4, 0.5) is 17.3 Å². The molecule has 6 heteroatoms. The van der Waals surface area contributed by atoms with E-state index < -0.39 is 0 Å². The Morgan fingerprint density at radius 3 is 2.67 bits per heavy atom. The van der Waals surface area contributed by atoms with Crippen LogP contribution in [0.2, 0.25) is 0 Å². The van der Waals surface area contributed by atoms with Crippen molar-refractivity contribution in [1.29, 1.82) is 0 Å². The zero-order chi connectivity index (χ0) is 14.8. The molecule has 0 atom stereocenters. The highest BCUT2D eigenvalue weighted by Crippen LogP contribution is 2.17. The molecule has 0 saturated carbocycles. The number of fused-ring (bicyclic) bond motifs is 1. The first kappa shape index (κ1) is 13.2. The maximum absolute atomic E-state index is 5.64. The fourth-order valence-electron chi connectivity index (χ4n) is 2.17. The summed E-state index contributed by atoms with van der Waals surface area (Å²) in [5, 5.41) is 7.47. The molecule has 6 nitrogen and oxygen atoms in total. The van der Waals surface area contributed by atoms with Crippen molar-refractivity contribution in [2.24, 2.45) is 0 Å². The molecule has 1 aromatic carbocycles. The summed E-state index contributed by atoms with van der Waals surface area (Å²) in [5.74, 6) is 0.277. The molecule has 3 aromatic rings. The quantitative estimate of drug-likeness (QED) is 0.765. The van der Waals surface area contributed by atoms with Crippen molar-refractivity contribution < 1.29 is 0 Å². The standard InChI is InChI=1S/C15H18N6/c1-20(2)12-7-5-11(6-8-12)10-17-13-4-3-9-21-14(13)18-15(16)19-21/h3-9,17H,10H2,1-2H3,(H2,16,19). The third-order valence-corrected chi connectivity index (χ3v) is 3.31. The molecule has 0 bridgehead atoms. The van der Waals surface area contributed by atoms with Gasteiger partial charge in [0.25, 0.3) is 0 Å². The van der Waals surface area contributed by atoms with Gasteiger partial charge in [-0.1, -0.05) is 12.1 Å². The van der Waals surface area contributed by atoms with Crippen LogP contribution in [-0.2, 0) is 6.54 Å². The second kappa shape index (κ2) is 5.32. The van der Waals surface area contributed by atoms with Crippen molar-refractivity contribution in [3.05, 3.63) is 48.2 Å². The molecule has 2 aromatic heterocycles. The summed E-state index contributed by atoms with van der Waals surface area (Å²) >= 11 is 0. The molecular formula is C15H18N6. The Balaban J connectivity index is 1.77. The van der Waals surface area contributed by atoms with Crippen LogP contribution in [0.3, 0.4) is 0 Å². The first-order valence-electron chi connectivity index (χ1n) is 6.74. The van der Waals surface area contributed by atoms with Crippen LogP contribution in [0.25, 0.3) is 5.65 Å². The Bertz CT molecular complexity index is 744. The van der Waals surface area contributed by atoms with E-state index in [1.807, 2.05) is 32.4 Å². The first-order chi connectivity index (χ1) is 10.1. The average Bonchev–Trinajstić information content (AvgIpc) is 2.86. The third-order valence-electron chi connectivity index (χ3n) is 3.31. The van der Waals surface area contributed by atoms with Gasteiger partial charge in [-0.05, 0) is 29.8 Å². The molecule has 0 fully saturated rings. The van der Waals surface area contributed by atoms with E-state index in [-0.39, 0.29) is 5.95 Å². The van der Waals surface area contributed by atoms with E-state index in [1.165, 1.54) is 11.3 Å². The van der Waals surface area contributed by atoms with Crippen molar-refractivity contribution in [3.8, 4) is 0 Å². The highest BCUT2D eigenvalue weighted by Gasteiger charge is 2.05. The molecule has 0 amide bonds. The maximum Gasteiger partial charge on any atom is 0.240 e. The number of benzene rings is 1. The van der Waals surface area contributed by atoms with Gasteiger partial charge in [-0.25, -0.2) is 4.52 Å². The number of nitrogens with one attached hydrogen (secondary N) is 1. The molecule has 21 heavy (non-hydrogen) atoms. The first-order valence-corrected chi connectivity index (χ1v) is 6.74. The van der Waals surface area contributed by atoms with Gasteiger partial charge in [-0.2, -0.15) is 4.98 Å². The van der Waals surface area contributed by atoms with Gasteiger partial charge < -0.3 is 16.0 Å². The number of nitrogens with two attached hydrogens (primary N) is 1. The van der Waals surface area contributed by atoms with Crippen LogP contribution in [-0.4, -0.2) is 28.7 Å². The van der Waals surface area contributed by atoms with Crippen molar-refractivity contribution in [2.45, 2.75) is 6.54 Å². The van der Waals surface area contributed by atoms with Crippen LogP contribution in [0.1, 0.15) is 5.56 Å². The molecule has 0 spiro atoms. The van der Waals surface area contributed by atoms with Crippen molar-refractivity contribution in [1.82, 2.24) is 14.6 Å². The zero-order valence-corrected chi connectivity index (χ0v) is 12.1. The molecule has 0 aliphatic rings. The van der Waals surface area contributed by atoms with Gasteiger partial charge >= 0.3 is 0 Å². The number of hydrogen-bond donors (Lipinski definition) is 2. The Kier molecular flexibility index (Phi) is 3.35. The molecule has 0 aliphatic carbocycles. The normalized spacial score (nSPS) is 10.8. The van der Waals surface area contributed by atoms with Crippen LogP contribution < -0.4 is 16.0 Å². The van der Waals surface area contributed by atoms with E-state index in [1.54, 1.807) is 4.52 Å². The van der Waals surface area contributed by atoms with Gasteiger partial charge in [0.1, 0.15) is 0 Å². The lowest BCUT2D eigenvalue weighted by molar-refractivity contribution is 0.965. The van der Waals surface area contributed by atoms with E-state index >= 15 is 0 Å². The number of pyridine rings is 1. The van der Waals surface area contributed by atoms with E-state index in [4.69, 9.17) is 5.73 Å². The predicted octanol–water partition coefficient (Wildman–Crippen LogP) is 1.99. The summed E-state index contributed by atoms with van der Waals surface area (Å²) < 4.78 is 1.67. The van der Waals surface area contributed by atoms with Crippen molar-refractivity contribution >= 4 is 23.0 Å². The second-order valence-corrected chi connectivity index (χ2v) is 5.07.